The van der Waals surface area contributed by atoms with Gasteiger partial charge in [-0.3, -0.25) is 10.1 Å². The van der Waals surface area contributed by atoms with Gasteiger partial charge in [0.1, 0.15) is 6.04 Å². The first-order valence-corrected chi connectivity index (χ1v) is 6.21. The van der Waals surface area contributed by atoms with E-state index in [0.717, 1.165) is 6.42 Å². The lowest BCUT2D eigenvalue weighted by molar-refractivity contribution is -0.151. The van der Waals surface area contributed by atoms with Crippen LogP contribution in [0.15, 0.2) is 0 Å². The Morgan fingerprint density at radius 2 is 2.12 bits per heavy atom. The zero-order valence-electron chi connectivity index (χ0n) is 11.1. The molecule has 1 fully saturated rings. The molecular weight excluding hydrogens is 222 g/mol. The highest BCUT2D eigenvalue weighted by atomic mass is 16.5. The van der Waals surface area contributed by atoms with Gasteiger partial charge in [-0.1, -0.05) is 0 Å². The van der Waals surface area contributed by atoms with Gasteiger partial charge >= 0.3 is 5.97 Å². The third-order valence-corrected chi connectivity index (χ3v) is 3.01. The van der Waals surface area contributed by atoms with E-state index in [0.29, 0.717) is 13.2 Å². The quantitative estimate of drug-likeness (QED) is 0.670. The van der Waals surface area contributed by atoms with Crippen LogP contribution in [0.25, 0.3) is 0 Å². The van der Waals surface area contributed by atoms with Crippen molar-refractivity contribution in [3.05, 3.63) is 0 Å². The molecule has 5 heteroatoms. The molecule has 1 aliphatic rings. The number of ether oxygens (including phenoxy) is 3. The van der Waals surface area contributed by atoms with Gasteiger partial charge in [-0.15, -0.1) is 0 Å². The molecule has 0 aromatic heterocycles. The Morgan fingerprint density at radius 1 is 1.41 bits per heavy atom. The average molecular weight is 245 g/mol. The van der Waals surface area contributed by atoms with E-state index in [2.05, 4.69) is 5.32 Å². The van der Waals surface area contributed by atoms with E-state index in [-0.39, 0.29) is 30.3 Å². The maximum absolute atomic E-state index is 11.5. The molecule has 0 saturated heterocycles. The lowest BCUT2D eigenvalue weighted by atomic mass is 9.84. The van der Waals surface area contributed by atoms with Crippen molar-refractivity contribution in [2.24, 2.45) is 0 Å². The third-order valence-electron chi connectivity index (χ3n) is 3.01. The van der Waals surface area contributed by atoms with Gasteiger partial charge in [-0.25, -0.2) is 0 Å². The molecule has 0 spiro atoms. The van der Waals surface area contributed by atoms with Crippen molar-refractivity contribution in [3.63, 3.8) is 0 Å². The Kier molecular flexibility index (Phi) is 5.88. The monoisotopic (exact) mass is 245 g/mol. The summed E-state index contributed by atoms with van der Waals surface area (Å²) in [5.74, 6) is -0.220. The number of hydrogen-bond acceptors (Lipinski definition) is 5. The summed E-state index contributed by atoms with van der Waals surface area (Å²) in [6.45, 7) is 6.67. The smallest absolute Gasteiger partial charge is 0.322 e. The minimum Gasteiger partial charge on any atom is -0.465 e. The van der Waals surface area contributed by atoms with Gasteiger partial charge in [0.2, 0.25) is 0 Å². The number of esters is 1. The fourth-order valence-electron chi connectivity index (χ4n) is 2.09. The molecular formula is C12H23NO4. The lowest BCUT2D eigenvalue weighted by Crippen LogP contribution is -2.62. The number of methoxy groups -OCH3 is 1. The summed E-state index contributed by atoms with van der Waals surface area (Å²) in [6, 6.07) is -0.142. The number of carbonyl (C=O) groups excluding carboxylic acids is 1. The summed E-state index contributed by atoms with van der Waals surface area (Å²) < 4.78 is 15.8. The summed E-state index contributed by atoms with van der Waals surface area (Å²) >= 11 is 0. The molecule has 0 aliphatic heterocycles. The standard InChI is InChI=1S/C12H23NO4/c1-5-16-10-7-9(11(10)15-4)13-8(3)12(14)17-6-2/h8-11,13H,5-7H2,1-4H3. The zero-order valence-corrected chi connectivity index (χ0v) is 11.1. The maximum Gasteiger partial charge on any atom is 0.322 e. The molecule has 0 aromatic carbocycles. The second-order valence-electron chi connectivity index (χ2n) is 4.18. The minimum atomic E-state index is -0.305. The summed E-state index contributed by atoms with van der Waals surface area (Å²) in [7, 11) is 1.67. The van der Waals surface area contributed by atoms with E-state index in [1.54, 1.807) is 21.0 Å². The van der Waals surface area contributed by atoms with Crippen molar-refractivity contribution in [1.29, 1.82) is 0 Å². The van der Waals surface area contributed by atoms with Crippen molar-refractivity contribution >= 4 is 5.97 Å². The Balaban J connectivity index is 2.35. The predicted octanol–water partition coefficient (Wildman–Crippen LogP) is 0.720. The van der Waals surface area contributed by atoms with Gasteiger partial charge in [0.15, 0.2) is 0 Å². The van der Waals surface area contributed by atoms with E-state index >= 15 is 0 Å². The van der Waals surface area contributed by atoms with Crippen LogP contribution >= 0.6 is 0 Å². The van der Waals surface area contributed by atoms with Crippen LogP contribution in [-0.4, -0.2) is 50.6 Å². The maximum atomic E-state index is 11.5. The van der Waals surface area contributed by atoms with Gasteiger partial charge in [0, 0.05) is 19.8 Å². The molecule has 0 heterocycles. The van der Waals surface area contributed by atoms with Crippen LogP contribution in [0.5, 0.6) is 0 Å². The zero-order chi connectivity index (χ0) is 12.8. The molecule has 1 saturated carbocycles. The molecule has 4 unspecified atom stereocenters. The van der Waals surface area contributed by atoms with Crippen LogP contribution in [0.2, 0.25) is 0 Å². The van der Waals surface area contributed by atoms with Crippen molar-refractivity contribution in [2.75, 3.05) is 20.3 Å². The van der Waals surface area contributed by atoms with Gasteiger partial charge in [-0.2, -0.15) is 0 Å². The van der Waals surface area contributed by atoms with Gasteiger partial charge in [0.25, 0.3) is 0 Å². The van der Waals surface area contributed by atoms with Crippen LogP contribution < -0.4 is 5.32 Å². The Hall–Kier alpha value is -0.650. The van der Waals surface area contributed by atoms with Gasteiger partial charge < -0.3 is 14.2 Å². The van der Waals surface area contributed by atoms with Gasteiger partial charge in [0.05, 0.1) is 18.8 Å². The SMILES string of the molecule is CCOC(=O)C(C)NC1CC(OCC)C1OC. The molecule has 0 bridgehead atoms. The van der Waals surface area contributed by atoms with Crippen LogP contribution in [-0.2, 0) is 19.0 Å². The molecule has 100 valence electrons. The second-order valence-corrected chi connectivity index (χ2v) is 4.18. The predicted molar refractivity (Wildman–Crippen MR) is 63.8 cm³/mol. The van der Waals surface area contributed by atoms with E-state index < -0.39 is 0 Å². The Labute approximate surface area is 103 Å². The van der Waals surface area contributed by atoms with E-state index in [9.17, 15) is 4.79 Å². The van der Waals surface area contributed by atoms with Crippen LogP contribution in [0.4, 0.5) is 0 Å². The molecule has 17 heavy (non-hydrogen) atoms. The molecule has 0 amide bonds. The minimum absolute atomic E-state index is 0.0202. The fraction of sp³-hybridized carbons (Fsp3) is 0.917. The van der Waals surface area contributed by atoms with E-state index in [4.69, 9.17) is 14.2 Å². The molecule has 0 aromatic rings. The van der Waals surface area contributed by atoms with Crippen molar-refractivity contribution in [2.45, 2.75) is 51.5 Å². The largest absolute Gasteiger partial charge is 0.465 e. The lowest BCUT2D eigenvalue weighted by Gasteiger charge is -2.44. The Bertz CT molecular complexity index is 247. The topological polar surface area (TPSA) is 56.8 Å². The molecule has 4 atom stereocenters. The van der Waals surface area contributed by atoms with Crippen LogP contribution in [0.1, 0.15) is 27.2 Å². The van der Waals surface area contributed by atoms with Crippen molar-refractivity contribution in [3.8, 4) is 0 Å². The highest BCUT2D eigenvalue weighted by molar-refractivity contribution is 5.75. The third kappa shape index (κ3) is 3.66. The van der Waals surface area contributed by atoms with Gasteiger partial charge in [-0.05, 0) is 27.2 Å². The summed E-state index contributed by atoms with van der Waals surface area (Å²) in [5.41, 5.74) is 0. The van der Waals surface area contributed by atoms with Crippen LogP contribution in [0.3, 0.4) is 0 Å². The van der Waals surface area contributed by atoms with E-state index in [1.165, 1.54) is 0 Å². The highest BCUT2D eigenvalue weighted by Crippen LogP contribution is 2.27. The number of hydrogen-bond donors (Lipinski definition) is 1. The molecule has 1 aliphatic carbocycles. The normalized spacial score (nSPS) is 29.5. The summed E-state index contributed by atoms with van der Waals surface area (Å²) in [5, 5.41) is 3.21. The molecule has 5 nitrogen and oxygen atoms in total. The first kappa shape index (κ1) is 14.4. The first-order chi connectivity index (χ1) is 8.13. The second kappa shape index (κ2) is 6.93. The number of carbonyl (C=O) groups is 1. The first-order valence-electron chi connectivity index (χ1n) is 6.21. The number of rotatable bonds is 7. The van der Waals surface area contributed by atoms with Crippen molar-refractivity contribution < 1.29 is 19.0 Å². The fourth-order valence-corrected chi connectivity index (χ4v) is 2.09. The average Bonchev–Trinajstić information content (AvgIpc) is 2.28. The molecule has 1 N–H and O–H groups in total. The van der Waals surface area contributed by atoms with Crippen molar-refractivity contribution in [1.82, 2.24) is 5.32 Å². The summed E-state index contributed by atoms with van der Waals surface area (Å²) in [4.78, 5) is 11.5. The Morgan fingerprint density at radius 3 is 2.65 bits per heavy atom. The molecule has 0 radical (unpaired) electrons. The molecule has 1 rings (SSSR count). The van der Waals surface area contributed by atoms with Crippen LogP contribution in [0, 0.1) is 0 Å². The number of nitrogens with one attached hydrogen (secondary N) is 1. The summed E-state index contributed by atoms with van der Waals surface area (Å²) in [6.07, 6.45) is 1.03. The van der Waals surface area contributed by atoms with E-state index in [1.807, 2.05) is 6.92 Å². The highest BCUT2D eigenvalue weighted by Gasteiger charge is 2.43.